The molecule has 0 radical (unpaired) electrons. The number of hydrogen-bond donors (Lipinski definition) is 0. The molecule has 0 amide bonds. The number of rotatable bonds is 4. The monoisotopic (exact) mass is 279 g/mol. The van der Waals surface area contributed by atoms with Crippen LogP contribution in [0.1, 0.15) is 59.3 Å². The zero-order valence-electron chi connectivity index (χ0n) is 13.7. The Kier molecular flexibility index (Phi) is 8.98. The molecule has 2 nitrogen and oxygen atoms in total. The van der Waals surface area contributed by atoms with Crippen molar-refractivity contribution in [2.24, 2.45) is 11.8 Å². The van der Waals surface area contributed by atoms with Gasteiger partial charge in [-0.2, -0.15) is 0 Å². The molecule has 1 saturated carbocycles. The second kappa shape index (κ2) is 10.2. The Morgan fingerprint density at radius 3 is 2.20 bits per heavy atom. The Balaban J connectivity index is 0.000000956. The van der Waals surface area contributed by atoms with Crippen LogP contribution in [-0.2, 0) is 4.74 Å². The highest BCUT2D eigenvalue weighted by atomic mass is 16.5. The van der Waals surface area contributed by atoms with Gasteiger partial charge in [-0.3, -0.25) is 0 Å². The highest BCUT2D eigenvalue weighted by Gasteiger charge is 2.24. The van der Waals surface area contributed by atoms with Gasteiger partial charge in [-0.1, -0.05) is 39.5 Å². The summed E-state index contributed by atoms with van der Waals surface area (Å²) < 4.78 is 5.62. The first-order valence-corrected chi connectivity index (χ1v) is 8.55. The number of hydrogen-bond acceptors (Lipinski definition) is 2. The average Bonchev–Trinajstić information content (AvgIpc) is 2.51. The van der Waals surface area contributed by atoms with Gasteiger partial charge in [0.2, 0.25) is 0 Å². The average molecular weight is 279 g/mol. The summed E-state index contributed by atoms with van der Waals surface area (Å²) >= 11 is 0. The van der Waals surface area contributed by atoms with E-state index in [9.17, 15) is 0 Å². The lowest BCUT2D eigenvalue weighted by Crippen LogP contribution is -2.40. The lowest BCUT2D eigenvalue weighted by atomic mass is 9.82. The Hall–Kier alpha value is -0.520. The molecule has 20 heavy (non-hydrogen) atoms. The number of piperidine rings is 1. The standard InChI is InChI=1S/C16H27NO.C2H6/c1-3-12-18-16-8-10-17(11-9-16)13-15-6-4-14(2)5-7-15;1-2/h1,14-16H,4-13H2,2H3;1-2H3. The molecule has 0 spiro atoms. The van der Waals surface area contributed by atoms with Crippen LogP contribution in [0.4, 0.5) is 0 Å². The fraction of sp³-hybridized carbons (Fsp3) is 0.889. The van der Waals surface area contributed by atoms with Crippen molar-refractivity contribution < 1.29 is 4.74 Å². The van der Waals surface area contributed by atoms with E-state index >= 15 is 0 Å². The normalized spacial score (nSPS) is 28.3. The van der Waals surface area contributed by atoms with E-state index in [-0.39, 0.29) is 0 Å². The number of likely N-dealkylation sites (tertiary alicyclic amines) is 1. The highest BCUT2D eigenvalue weighted by Crippen LogP contribution is 2.29. The van der Waals surface area contributed by atoms with E-state index in [1.807, 2.05) is 13.8 Å². The van der Waals surface area contributed by atoms with Crippen molar-refractivity contribution in [1.29, 1.82) is 0 Å². The first-order valence-electron chi connectivity index (χ1n) is 8.55. The molecule has 1 aliphatic carbocycles. The molecule has 116 valence electrons. The van der Waals surface area contributed by atoms with E-state index in [0.717, 1.165) is 24.7 Å². The van der Waals surface area contributed by atoms with Gasteiger partial charge in [0.15, 0.2) is 0 Å². The Morgan fingerprint density at radius 2 is 1.65 bits per heavy atom. The molecular weight excluding hydrogens is 246 g/mol. The second-order valence-electron chi connectivity index (χ2n) is 6.14. The molecule has 0 N–H and O–H groups in total. The van der Waals surface area contributed by atoms with Crippen LogP contribution in [0.25, 0.3) is 0 Å². The minimum Gasteiger partial charge on any atom is -0.365 e. The second-order valence-corrected chi connectivity index (χ2v) is 6.14. The van der Waals surface area contributed by atoms with Crippen LogP contribution in [-0.4, -0.2) is 37.2 Å². The quantitative estimate of drug-likeness (QED) is 0.722. The van der Waals surface area contributed by atoms with Crippen LogP contribution in [0.5, 0.6) is 0 Å². The molecule has 0 unspecified atom stereocenters. The minimum absolute atomic E-state index is 0.406. The molecule has 1 heterocycles. The summed E-state index contributed by atoms with van der Waals surface area (Å²) in [5.74, 6) is 4.47. The Bertz CT molecular complexity index is 268. The molecule has 1 aliphatic heterocycles. The molecule has 0 aromatic heterocycles. The first-order chi connectivity index (χ1) is 9.78. The summed E-state index contributed by atoms with van der Waals surface area (Å²) in [6, 6.07) is 0. The lowest BCUT2D eigenvalue weighted by molar-refractivity contribution is 0.0188. The Morgan fingerprint density at radius 1 is 1.05 bits per heavy atom. The maximum absolute atomic E-state index is 5.62. The van der Waals surface area contributed by atoms with Crippen molar-refractivity contribution in [2.45, 2.75) is 65.4 Å². The highest BCUT2D eigenvalue weighted by molar-refractivity contribution is 4.84. The predicted molar refractivity (Wildman–Crippen MR) is 86.7 cm³/mol. The fourth-order valence-electron chi connectivity index (χ4n) is 3.30. The third-order valence-electron chi connectivity index (χ3n) is 4.59. The van der Waals surface area contributed by atoms with Crippen LogP contribution in [0, 0.1) is 24.2 Å². The largest absolute Gasteiger partial charge is 0.365 e. The van der Waals surface area contributed by atoms with Gasteiger partial charge in [-0.05, 0) is 37.5 Å². The van der Waals surface area contributed by atoms with Crippen molar-refractivity contribution in [2.75, 3.05) is 26.2 Å². The number of ether oxygens (including phenoxy) is 1. The summed E-state index contributed by atoms with van der Waals surface area (Å²) in [6.45, 7) is 10.6. The van der Waals surface area contributed by atoms with Gasteiger partial charge in [0.25, 0.3) is 0 Å². The molecular formula is C18H33NO. The van der Waals surface area contributed by atoms with Crippen molar-refractivity contribution in [3.8, 4) is 12.3 Å². The van der Waals surface area contributed by atoms with E-state index in [1.165, 1.54) is 45.3 Å². The van der Waals surface area contributed by atoms with Crippen molar-refractivity contribution in [3.63, 3.8) is 0 Å². The van der Waals surface area contributed by atoms with Crippen molar-refractivity contribution >= 4 is 0 Å². The smallest absolute Gasteiger partial charge is 0.107 e. The van der Waals surface area contributed by atoms with Crippen LogP contribution in [0.2, 0.25) is 0 Å². The van der Waals surface area contributed by atoms with Gasteiger partial charge < -0.3 is 9.64 Å². The van der Waals surface area contributed by atoms with Gasteiger partial charge in [-0.15, -0.1) is 6.42 Å². The summed E-state index contributed by atoms with van der Waals surface area (Å²) in [4.78, 5) is 2.64. The molecule has 0 aromatic rings. The van der Waals surface area contributed by atoms with Crippen LogP contribution in [0.15, 0.2) is 0 Å². The zero-order valence-corrected chi connectivity index (χ0v) is 13.7. The molecule has 2 fully saturated rings. The zero-order chi connectivity index (χ0) is 14.8. The van der Waals surface area contributed by atoms with Crippen LogP contribution in [0.3, 0.4) is 0 Å². The molecule has 0 aromatic carbocycles. The molecule has 1 saturated heterocycles. The topological polar surface area (TPSA) is 12.5 Å². The molecule has 2 heteroatoms. The first kappa shape index (κ1) is 17.5. The van der Waals surface area contributed by atoms with Crippen LogP contribution < -0.4 is 0 Å². The Labute approximate surface area is 126 Å². The molecule has 0 atom stereocenters. The maximum Gasteiger partial charge on any atom is 0.107 e. The van der Waals surface area contributed by atoms with Gasteiger partial charge in [-0.25, -0.2) is 0 Å². The third-order valence-corrected chi connectivity index (χ3v) is 4.59. The summed E-state index contributed by atoms with van der Waals surface area (Å²) in [6.07, 6.45) is 13.7. The number of terminal acetylenes is 1. The number of nitrogens with zero attached hydrogens (tertiary/aromatic N) is 1. The SMILES string of the molecule is C#CCOC1CCN(CC2CCC(C)CC2)CC1.CC. The van der Waals surface area contributed by atoms with Gasteiger partial charge in [0.1, 0.15) is 6.61 Å². The molecule has 2 aliphatic rings. The molecule has 0 bridgehead atoms. The van der Waals surface area contributed by atoms with E-state index in [1.54, 1.807) is 0 Å². The maximum atomic E-state index is 5.62. The predicted octanol–water partition coefficient (Wildman–Crippen LogP) is 3.95. The van der Waals surface area contributed by atoms with Gasteiger partial charge >= 0.3 is 0 Å². The molecule has 2 rings (SSSR count). The minimum atomic E-state index is 0.406. The van der Waals surface area contributed by atoms with E-state index in [2.05, 4.69) is 17.7 Å². The van der Waals surface area contributed by atoms with Crippen molar-refractivity contribution in [3.05, 3.63) is 0 Å². The van der Waals surface area contributed by atoms with E-state index < -0.39 is 0 Å². The fourth-order valence-corrected chi connectivity index (χ4v) is 3.30. The lowest BCUT2D eigenvalue weighted by Gasteiger charge is -2.36. The summed E-state index contributed by atoms with van der Waals surface area (Å²) in [5, 5.41) is 0. The summed E-state index contributed by atoms with van der Waals surface area (Å²) in [5.41, 5.74) is 0. The van der Waals surface area contributed by atoms with E-state index in [4.69, 9.17) is 11.2 Å². The van der Waals surface area contributed by atoms with Crippen LogP contribution >= 0.6 is 0 Å². The third kappa shape index (κ3) is 6.29. The van der Waals surface area contributed by atoms with E-state index in [0.29, 0.717) is 12.7 Å². The van der Waals surface area contributed by atoms with Crippen molar-refractivity contribution in [1.82, 2.24) is 4.90 Å². The van der Waals surface area contributed by atoms with Gasteiger partial charge in [0, 0.05) is 19.6 Å². The summed E-state index contributed by atoms with van der Waals surface area (Å²) in [7, 11) is 0. The van der Waals surface area contributed by atoms with Gasteiger partial charge in [0.05, 0.1) is 6.10 Å².